The highest BCUT2D eigenvalue weighted by Gasteiger charge is 2.51. The molecule has 1 fully saturated rings. The summed E-state index contributed by atoms with van der Waals surface area (Å²) >= 11 is 0. The molecule has 5 aromatic rings. The Balaban J connectivity index is 0.000000265. The summed E-state index contributed by atoms with van der Waals surface area (Å²) in [4.78, 5) is 0. The molecule has 7 heteroatoms. The van der Waals surface area contributed by atoms with Gasteiger partial charge in [0.05, 0.1) is 22.2 Å². The van der Waals surface area contributed by atoms with Crippen molar-refractivity contribution in [1.29, 1.82) is 0 Å². The second-order valence-electron chi connectivity index (χ2n) is 10.3. The molecule has 2 N–H and O–H groups in total. The fourth-order valence-electron chi connectivity index (χ4n) is 4.60. The van der Waals surface area contributed by atoms with E-state index in [1.54, 1.807) is 24.3 Å². The van der Waals surface area contributed by atoms with Crippen LogP contribution in [0.3, 0.4) is 0 Å². The fourth-order valence-corrected chi connectivity index (χ4v) is 4.60. The third kappa shape index (κ3) is 4.83. The second-order valence-corrected chi connectivity index (χ2v) is 10.3. The maximum atomic E-state index is 8.58. The van der Waals surface area contributed by atoms with Gasteiger partial charge in [-0.05, 0) is 62.9 Å². The van der Waals surface area contributed by atoms with Crippen LogP contribution in [0.1, 0.15) is 27.7 Å². The molecule has 186 valence electrons. The second kappa shape index (κ2) is 9.84. The van der Waals surface area contributed by atoms with Crippen molar-refractivity contribution in [2.75, 3.05) is 0 Å². The molecule has 0 saturated carbocycles. The van der Waals surface area contributed by atoms with Gasteiger partial charge in [-0.3, -0.25) is 0 Å². The standard InChI is InChI=1S/C24H24BNO2.C6H7BO2/c1-23(2)24(3,4)28-25(27-23)17-14-15-22-20(16-17)19-12-8-9-13-21(19)26(22)18-10-6-5-7-11-18;8-7(9)6-4-2-1-3-5-6/h5-16H,1-4H3;1-5,8-9H. The number of aromatic nitrogens is 1. The van der Waals surface area contributed by atoms with Crippen molar-refractivity contribution in [2.24, 2.45) is 0 Å². The van der Waals surface area contributed by atoms with E-state index in [-0.39, 0.29) is 18.3 Å². The average Bonchev–Trinajstić information content (AvgIpc) is 3.34. The molecule has 1 aliphatic heterocycles. The summed E-state index contributed by atoms with van der Waals surface area (Å²) < 4.78 is 14.9. The number of hydrogen-bond donors (Lipinski definition) is 2. The molecule has 1 saturated heterocycles. The van der Waals surface area contributed by atoms with E-state index >= 15 is 0 Å². The van der Waals surface area contributed by atoms with Gasteiger partial charge in [-0.2, -0.15) is 0 Å². The lowest BCUT2D eigenvalue weighted by atomic mass is 9.78. The topological polar surface area (TPSA) is 63.9 Å². The largest absolute Gasteiger partial charge is 0.494 e. The molecule has 1 aromatic heterocycles. The van der Waals surface area contributed by atoms with Crippen molar-refractivity contribution < 1.29 is 19.4 Å². The minimum absolute atomic E-state index is 0.343. The molecular formula is C30H31B2NO4. The van der Waals surface area contributed by atoms with Crippen LogP contribution >= 0.6 is 0 Å². The maximum absolute atomic E-state index is 8.58. The zero-order chi connectivity index (χ0) is 26.2. The number of rotatable bonds is 3. The van der Waals surface area contributed by atoms with Crippen LogP contribution in [-0.4, -0.2) is 40.1 Å². The first kappa shape index (κ1) is 25.3. The van der Waals surface area contributed by atoms with E-state index < -0.39 is 7.12 Å². The molecule has 0 amide bonds. The summed E-state index contributed by atoms with van der Waals surface area (Å²) in [5, 5.41) is 19.6. The Kier molecular flexibility index (Phi) is 6.73. The SMILES string of the molecule is CC1(C)OB(c2ccc3c(c2)c2ccccc2n3-c2ccccc2)OC1(C)C.OB(O)c1ccccc1. The van der Waals surface area contributed by atoms with E-state index in [0.717, 1.165) is 11.2 Å². The molecule has 37 heavy (non-hydrogen) atoms. The lowest BCUT2D eigenvalue weighted by Crippen LogP contribution is -2.41. The summed E-state index contributed by atoms with van der Waals surface area (Å²) in [5.41, 5.74) is 4.45. The number of para-hydroxylation sites is 2. The zero-order valence-electron chi connectivity index (χ0n) is 21.6. The van der Waals surface area contributed by atoms with Crippen LogP contribution in [-0.2, 0) is 9.31 Å². The first-order valence-corrected chi connectivity index (χ1v) is 12.5. The van der Waals surface area contributed by atoms with Gasteiger partial charge in [0.15, 0.2) is 0 Å². The van der Waals surface area contributed by atoms with Crippen molar-refractivity contribution in [3.05, 3.63) is 103 Å². The van der Waals surface area contributed by atoms with Crippen LogP contribution in [0.15, 0.2) is 103 Å². The van der Waals surface area contributed by atoms with Crippen LogP contribution in [0.5, 0.6) is 0 Å². The van der Waals surface area contributed by atoms with Crippen molar-refractivity contribution in [2.45, 2.75) is 38.9 Å². The molecule has 0 spiro atoms. The molecular weight excluding hydrogens is 460 g/mol. The average molecular weight is 491 g/mol. The van der Waals surface area contributed by atoms with E-state index in [4.69, 9.17) is 19.4 Å². The van der Waals surface area contributed by atoms with Gasteiger partial charge in [0.25, 0.3) is 0 Å². The molecule has 0 radical (unpaired) electrons. The molecule has 0 atom stereocenters. The van der Waals surface area contributed by atoms with E-state index in [9.17, 15) is 0 Å². The predicted molar refractivity (Wildman–Crippen MR) is 153 cm³/mol. The first-order valence-electron chi connectivity index (χ1n) is 12.5. The van der Waals surface area contributed by atoms with Crippen LogP contribution < -0.4 is 10.9 Å². The van der Waals surface area contributed by atoms with Gasteiger partial charge in [0.1, 0.15) is 0 Å². The number of benzene rings is 4. The monoisotopic (exact) mass is 491 g/mol. The summed E-state index contributed by atoms with van der Waals surface area (Å²) in [6.45, 7) is 8.36. The molecule has 0 bridgehead atoms. The maximum Gasteiger partial charge on any atom is 0.494 e. The molecule has 1 aliphatic rings. The molecule has 5 nitrogen and oxygen atoms in total. The normalized spacial score (nSPS) is 16.0. The number of fused-ring (bicyclic) bond motifs is 3. The fraction of sp³-hybridized carbons (Fsp3) is 0.200. The summed E-state index contributed by atoms with van der Waals surface area (Å²) in [6.07, 6.45) is 0. The highest BCUT2D eigenvalue weighted by atomic mass is 16.7. The minimum atomic E-state index is -1.34. The summed E-state index contributed by atoms with van der Waals surface area (Å²) in [7, 11) is -1.69. The lowest BCUT2D eigenvalue weighted by Gasteiger charge is -2.32. The minimum Gasteiger partial charge on any atom is -0.423 e. The van der Waals surface area contributed by atoms with Crippen molar-refractivity contribution >= 4 is 47.0 Å². The van der Waals surface area contributed by atoms with Crippen LogP contribution in [0, 0.1) is 0 Å². The third-order valence-corrected chi connectivity index (χ3v) is 7.33. The van der Waals surface area contributed by atoms with Gasteiger partial charge in [-0.15, -0.1) is 0 Å². The summed E-state index contributed by atoms with van der Waals surface area (Å²) in [5.74, 6) is 0. The highest BCUT2D eigenvalue weighted by molar-refractivity contribution is 6.62. The molecule has 0 unspecified atom stereocenters. The van der Waals surface area contributed by atoms with Gasteiger partial charge < -0.3 is 23.9 Å². The smallest absolute Gasteiger partial charge is 0.423 e. The first-order chi connectivity index (χ1) is 17.7. The van der Waals surface area contributed by atoms with Crippen LogP contribution in [0.4, 0.5) is 0 Å². The Bertz CT molecular complexity index is 1500. The Hall–Kier alpha value is -3.35. The van der Waals surface area contributed by atoms with Gasteiger partial charge in [-0.1, -0.05) is 78.9 Å². The number of hydrogen-bond acceptors (Lipinski definition) is 4. The lowest BCUT2D eigenvalue weighted by molar-refractivity contribution is 0.00578. The summed E-state index contributed by atoms with van der Waals surface area (Å²) in [6, 6.07) is 34.2. The molecule has 0 aliphatic carbocycles. The van der Waals surface area contributed by atoms with E-state index in [1.807, 2.05) is 12.1 Å². The van der Waals surface area contributed by atoms with E-state index in [0.29, 0.717) is 5.46 Å². The Morgan fingerprint density at radius 1 is 0.649 bits per heavy atom. The molecule has 2 heterocycles. The van der Waals surface area contributed by atoms with Gasteiger partial charge in [-0.25, -0.2) is 0 Å². The van der Waals surface area contributed by atoms with Crippen LogP contribution in [0.2, 0.25) is 0 Å². The Morgan fingerprint density at radius 3 is 1.78 bits per heavy atom. The molecule has 4 aromatic carbocycles. The zero-order valence-corrected chi connectivity index (χ0v) is 21.6. The van der Waals surface area contributed by atoms with E-state index in [2.05, 4.69) is 99.0 Å². The van der Waals surface area contributed by atoms with Gasteiger partial charge >= 0.3 is 14.2 Å². The van der Waals surface area contributed by atoms with Crippen molar-refractivity contribution in [3.63, 3.8) is 0 Å². The number of nitrogens with zero attached hydrogens (tertiary/aromatic N) is 1. The Labute approximate surface area is 218 Å². The van der Waals surface area contributed by atoms with Crippen molar-refractivity contribution in [1.82, 2.24) is 4.57 Å². The van der Waals surface area contributed by atoms with Crippen LogP contribution in [0.25, 0.3) is 27.5 Å². The third-order valence-electron chi connectivity index (χ3n) is 7.33. The molecule has 6 rings (SSSR count). The van der Waals surface area contributed by atoms with Gasteiger partial charge in [0, 0.05) is 16.5 Å². The highest BCUT2D eigenvalue weighted by Crippen LogP contribution is 2.37. The predicted octanol–water partition coefficient (Wildman–Crippen LogP) is 4.45. The Morgan fingerprint density at radius 2 is 1.19 bits per heavy atom. The van der Waals surface area contributed by atoms with Crippen molar-refractivity contribution in [3.8, 4) is 5.69 Å². The van der Waals surface area contributed by atoms with Gasteiger partial charge in [0.2, 0.25) is 0 Å². The quantitative estimate of drug-likeness (QED) is 0.367. The van der Waals surface area contributed by atoms with E-state index in [1.165, 1.54) is 21.8 Å².